The van der Waals surface area contributed by atoms with Gasteiger partial charge in [-0.25, -0.2) is 9.78 Å². The van der Waals surface area contributed by atoms with Gasteiger partial charge in [-0.2, -0.15) is 10.2 Å². The maximum Gasteiger partial charge on any atom is 0.349 e. The third kappa shape index (κ3) is 2.88. The summed E-state index contributed by atoms with van der Waals surface area (Å²) >= 11 is 1.27. The monoisotopic (exact) mass is 287 g/mol. The average molecular weight is 287 g/mol. The average Bonchev–Trinajstić information content (AvgIpc) is 2.99. The molecule has 0 unspecified atom stereocenters. The molecule has 0 aliphatic rings. The van der Waals surface area contributed by atoms with E-state index in [2.05, 4.69) is 35.6 Å². The lowest BCUT2D eigenvalue weighted by atomic mass is 10.2. The van der Waals surface area contributed by atoms with Crippen LogP contribution in [0, 0.1) is 0 Å². The van der Waals surface area contributed by atoms with E-state index in [1.807, 2.05) is 30.3 Å². The largest absolute Gasteiger partial charge is 0.349 e. The summed E-state index contributed by atoms with van der Waals surface area (Å²) in [5.74, 6) is 1.45. The summed E-state index contributed by atoms with van der Waals surface area (Å²) in [7, 11) is 0. The lowest BCUT2D eigenvalue weighted by molar-refractivity contribution is 0.868. The first-order valence-corrected chi connectivity index (χ1v) is 6.69. The van der Waals surface area contributed by atoms with Gasteiger partial charge in [0.05, 0.1) is 5.75 Å². The Morgan fingerprint density at radius 2 is 2.00 bits per heavy atom. The summed E-state index contributed by atoms with van der Waals surface area (Å²) in [6, 6.07) is 9.39. The smallest absolute Gasteiger partial charge is 0.290 e. The number of nitrogens with zero attached hydrogens (tertiary/aromatic N) is 5. The number of hydrogen-bond donors (Lipinski definition) is 2. The summed E-state index contributed by atoms with van der Waals surface area (Å²) < 4.78 is 0. The van der Waals surface area contributed by atoms with Crippen LogP contribution in [0.25, 0.3) is 11.4 Å². The molecule has 0 saturated carbocycles. The van der Waals surface area contributed by atoms with Crippen LogP contribution in [0.4, 0.5) is 0 Å². The highest BCUT2D eigenvalue weighted by molar-refractivity contribution is 7.98. The van der Waals surface area contributed by atoms with Crippen LogP contribution < -0.4 is 5.69 Å². The quantitative estimate of drug-likeness (QED) is 0.677. The highest BCUT2D eigenvalue weighted by atomic mass is 32.2. The van der Waals surface area contributed by atoms with Gasteiger partial charge in [0.15, 0.2) is 11.0 Å². The Balaban J connectivity index is 1.85. The molecular weight excluding hydrogens is 278 g/mol. The summed E-state index contributed by atoms with van der Waals surface area (Å²) in [5, 5.41) is 13.8. The first kappa shape index (κ1) is 12.5. The topological polar surface area (TPSA) is 113 Å². The molecule has 0 aliphatic heterocycles. The van der Waals surface area contributed by atoms with Crippen molar-refractivity contribution in [3.8, 4) is 11.4 Å². The van der Waals surface area contributed by atoms with Gasteiger partial charge in [-0.1, -0.05) is 47.3 Å². The van der Waals surface area contributed by atoms with Crippen molar-refractivity contribution in [2.24, 2.45) is 0 Å². The summed E-state index contributed by atoms with van der Waals surface area (Å²) in [6.07, 6.45) is 0. The third-order valence-electron chi connectivity index (χ3n) is 2.40. The van der Waals surface area contributed by atoms with Gasteiger partial charge in [0.25, 0.3) is 0 Å². The van der Waals surface area contributed by atoms with Crippen LogP contribution in [0.5, 0.6) is 0 Å². The number of hydrogen-bond acceptors (Lipinski definition) is 7. The van der Waals surface area contributed by atoms with Gasteiger partial charge in [0, 0.05) is 5.56 Å². The molecule has 0 bridgehead atoms. The molecule has 0 fully saturated rings. The van der Waals surface area contributed by atoms with Crippen LogP contribution in [0.1, 0.15) is 5.82 Å². The normalized spacial score (nSPS) is 10.6. The molecule has 1 aromatic carbocycles. The van der Waals surface area contributed by atoms with Crippen molar-refractivity contribution in [1.29, 1.82) is 0 Å². The zero-order valence-corrected chi connectivity index (χ0v) is 11.0. The fourth-order valence-electron chi connectivity index (χ4n) is 1.53. The predicted octanol–water partition coefficient (Wildman–Crippen LogP) is 0.637. The van der Waals surface area contributed by atoms with Gasteiger partial charge in [-0.15, -0.1) is 10.2 Å². The van der Waals surface area contributed by atoms with E-state index in [4.69, 9.17) is 0 Å². The Labute approximate surface area is 117 Å². The molecule has 0 radical (unpaired) electrons. The van der Waals surface area contributed by atoms with E-state index < -0.39 is 5.69 Å². The maximum absolute atomic E-state index is 11.6. The number of aromatic amines is 2. The second-order valence-electron chi connectivity index (χ2n) is 3.77. The van der Waals surface area contributed by atoms with E-state index in [1.54, 1.807) is 0 Å². The number of tetrazole rings is 1. The molecule has 0 amide bonds. The summed E-state index contributed by atoms with van der Waals surface area (Å²) in [6.45, 7) is 0. The van der Waals surface area contributed by atoms with Gasteiger partial charge < -0.3 is 0 Å². The van der Waals surface area contributed by atoms with Gasteiger partial charge >= 0.3 is 5.69 Å². The van der Waals surface area contributed by atoms with Crippen molar-refractivity contribution in [3.63, 3.8) is 0 Å². The van der Waals surface area contributed by atoms with Crippen LogP contribution in [0.15, 0.2) is 40.3 Å². The van der Waals surface area contributed by atoms with Crippen molar-refractivity contribution in [2.45, 2.75) is 10.9 Å². The zero-order chi connectivity index (χ0) is 13.8. The fourth-order valence-corrected chi connectivity index (χ4v) is 2.22. The van der Waals surface area contributed by atoms with E-state index in [-0.39, 0.29) is 0 Å². The van der Waals surface area contributed by atoms with E-state index in [0.717, 1.165) is 5.56 Å². The summed E-state index contributed by atoms with van der Waals surface area (Å²) in [5.41, 5.74) is 0.392. The zero-order valence-electron chi connectivity index (χ0n) is 10.1. The van der Waals surface area contributed by atoms with E-state index in [1.165, 1.54) is 11.8 Å². The predicted molar refractivity (Wildman–Crippen MR) is 71.8 cm³/mol. The van der Waals surface area contributed by atoms with Crippen LogP contribution in [0.2, 0.25) is 0 Å². The molecule has 8 nitrogen and oxygen atoms in total. The maximum atomic E-state index is 11.6. The second-order valence-corrected chi connectivity index (χ2v) is 4.71. The molecular formula is C11H9N7OS. The first-order valence-electron chi connectivity index (χ1n) is 5.70. The van der Waals surface area contributed by atoms with Crippen LogP contribution >= 0.6 is 11.8 Å². The molecule has 20 heavy (non-hydrogen) atoms. The van der Waals surface area contributed by atoms with Crippen molar-refractivity contribution >= 4 is 11.8 Å². The SMILES string of the molecule is O=c1nc(SCc2nn[nH]n2)nc(-c2ccccc2)[nH]1. The highest BCUT2D eigenvalue weighted by Crippen LogP contribution is 2.18. The van der Waals surface area contributed by atoms with Gasteiger partial charge in [-0.3, -0.25) is 4.98 Å². The molecule has 0 atom stereocenters. The fraction of sp³-hybridized carbons (Fsp3) is 0.0909. The van der Waals surface area contributed by atoms with Crippen molar-refractivity contribution in [2.75, 3.05) is 0 Å². The van der Waals surface area contributed by atoms with Gasteiger partial charge in [0.2, 0.25) is 0 Å². The highest BCUT2D eigenvalue weighted by Gasteiger charge is 2.07. The molecule has 2 heterocycles. The first-order chi connectivity index (χ1) is 9.81. The van der Waals surface area contributed by atoms with Gasteiger partial charge in [-0.05, 0) is 0 Å². The molecule has 3 aromatic rings. The minimum Gasteiger partial charge on any atom is -0.290 e. The molecule has 0 aliphatic carbocycles. The van der Waals surface area contributed by atoms with E-state index >= 15 is 0 Å². The third-order valence-corrected chi connectivity index (χ3v) is 3.24. The van der Waals surface area contributed by atoms with E-state index in [9.17, 15) is 4.79 Å². The molecule has 2 N–H and O–H groups in total. The molecule has 9 heteroatoms. The Bertz CT molecular complexity index is 741. The standard InChI is InChI=1S/C11H9N7OS/c19-10-12-9(7-4-2-1-3-5-7)13-11(14-10)20-6-8-15-17-18-16-8/h1-5H,6H2,(H,12,13,14,19)(H,15,16,17,18). The van der Waals surface area contributed by atoms with Crippen molar-refractivity contribution in [1.82, 2.24) is 35.6 Å². The minimum absolute atomic E-state index is 0.373. The van der Waals surface area contributed by atoms with Crippen LogP contribution in [-0.2, 0) is 5.75 Å². The number of aromatic nitrogens is 7. The molecule has 2 aromatic heterocycles. The van der Waals surface area contributed by atoms with Crippen molar-refractivity contribution < 1.29 is 0 Å². The number of nitrogens with one attached hydrogen (secondary N) is 2. The summed E-state index contributed by atoms with van der Waals surface area (Å²) in [4.78, 5) is 22.3. The number of thioether (sulfide) groups is 1. The number of H-pyrrole nitrogens is 2. The number of rotatable bonds is 4. The lowest BCUT2D eigenvalue weighted by Gasteiger charge is -2.02. The molecule has 100 valence electrons. The Kier molecular flexibility index (Phi) is 3.50. The van der Waals surface area contributed by atoms with Crippen LogP contribution in [-0.4, -0.2) is 35.6 Å². The van der Waals surface area contributed by atoms with Gasteiger partial charge in [0.1, 0.15) is 5.82 Å². The van der Waals surface area contributed by atoms with E-state index in [0.29, 0.717) is 22.6 Å². The lowest BCUT2D eigenvalue weighted by Crippen LogP contribution is -2.14. The Morgan fingerprint density at radius 3 is 2.75 bits per heavy atom. The number of benzene rings is 1. The van der Waals surface area contributed by atoms with Crippen molar-refractivity contribution in [3.05, 3.63) is 46.6 Å². The Morgan fingerprint density at radius 1 is 1.15 bits per heavy atom. The van der Waals surface area contributed by atoms with Crippen LogP contribution in [0.3, 0.4) is 0 Å². The molecule has 3 rings (SSSR count). The minimum atomic E-state index is -0.436. The second kappa shape index (κ2) is 5.61. The molecule has 0 saturated heterocycles. The molecule has 0 spiro atoms. The Hall–Kier alpha value is -2.55.